The molecular weight excluding hydrogens is 667 g/mol. The quantitative estimate of drug-likeness (QED) is 0.253. The molecule has 9 heteroatoms. The van der Waals surface area contributed by atoms with Gasteiger partial charge in [-0.05, 0) is 77.6 Å². The van der Waals surface area contributed by atoms with Gasteiger partial charge in [-0.25, -0.2) is 0 Å². The van der Waals surface area contributed by atoms with Crippen LogP contribution in [0.5, 0.6) is 5.75 Å². The summed E-state index contributed by atoms with van der Waals surface area (Å²) in [4.78, 5) is 43.3. The first-order chi connectivity index (χ1) is 22.7. The predicted octanol–water partition coefficient (Wildman–Crippen LogP) is 9.59. The van der Waals surface area contributed by atoms with E-state index in [4.69, 9.17) is 39.5 Å². The molecule has 1 amide bonds. The summed E-state index contributed by atoms with van der Waals surface area (Å²) in [5, 5.41) is 3.70. The molecule has 0 spiro atoms. The van der Waals surface area contributed by atoms with Crippen LogP contribution in [0.4, 0.5) is 5.69 Å². The molecular formula is C39H39Cl3N2O4. The smallest absolute Gasteiger partial charge is 0.262 e. The van der Waals surface area contributed by atoms with Gasteiger partial charge < -0.3 is 15.0 Å². The second-order valence-corrected chi connectivity index (χ2v) is 15.8. The average molecular weight is 706 g/mol. The van der Waals surface area contributed by atoms with E-state index in [1.165, 1.54) is 5.56 Å². The fourth-order valence-electron chi connectivity index (χ4n) is 7.29. The lowest BCUT2D eigenvalue weighted by molar-refractivity contribution is -0.120. The van der Waals surface area contributed by atoms with Crippen LogP contribution in [0.2, 0.25) is 15.1 Å². The Morgan fingerprint density at radius 3 is 1.90 bits per heavy atom. The molecule has 0 radical (unpaired) electrons. The fourth-order valence-corrected chi connectivity index (χ4v) is 8.03. The number of hydrogen-bond acceptors (Lipinski definition) is 5. The number of nitrogens with one attached hydrogen (secondary N) is 1. The first kappa shape index (κ1) is 34.3. The van der Waals surface area contributed by atoms with Gasteiger partial charge in [-0.3, -0.25) is 14.4 Å². The Morgan fingerprint density at radius 1 is 0.812 bits per heavy atom. The molecule has 0 saturated heterocycles. The van der Waals surface area contributed by atoms with Crippen LogP contribution in [-0.2, 0) is 20.8 Å². The monoisotopic (exact) mass is 704 g/mol. The zero-order chi connectivity index (χ0) is 34.4. The van der Waals surface area contributed by atoms with Crippen LogP contribution < -0.4 is 10.1 Å². The number of carbonyl (C=O) groups is 3. The van der Waals surface area contributed by atoms with Crippen LogP contribution in [0, 0.1) is 10.8 Å². The van der Waals surface area contributed by atoms with Crippen LogP contribution in [-0.4, -0.2) is 35.5 Å². The number of anilines is 1. The molecule has 3 aliphatic rings. The molecule has 250 valence electrons. The zero-order valence-corrected chi connectivity index (χ0v) is 29.9. The molecule has 6 nitrogen and oxygen atoms in total. The van der Waals surface area contributed by atoms with Crippen molar-refractivity contribution >= 4 is 58.0 Å². The predicted molar refractivity (Wildman–Crippen MR) is 192 cm³/mol. The lowest BCUT2D eigenvalue weighted by Gasteiger charge is -2.49. The Morgan fingerprint density at radius 2 is 1.35 bits per heavy atom. The Kier molecular flexibility index (Phi) is 9.56. The van der Waals surface area contributed by atoms with Gasteiger partial charge in [0.2, 0.25) is 0 Å². The minimum Gasteiger partial charge on any atom is -0.481 e. The van der Waals surface area contributed by atoms with Crippen molar-refractivity contribution in [2.45, 2.75) is 65.7 Å². The molecule has 0 fully saturated rings. The van der Waals surface area contributed by atoms with Crippen LogP contribution in [0.1, 0.15) is 70.4 Å². The molecule has 1 aliphatic heterocycles. The number of amides is 1. The number of Topliss-reactive ketones (excluding diaryl/α,β-unsaturated/α-hetero) is 2. The third-order valence-electron chi connectivity index (χ3n) is 9.32. The normalized spacial score (nSPS) is 18.9. The standard InChI is InChI=1S/C39H39Cl3N2O4/c1-38(2)18-29-35(31(45)20-38)34(36-30(19-39(3,4)21-32(36)46)44(29)15-14-23-8-6-5-7-9-23)24-16-27(41)37(28(42)17-24)48-22-33(47)43-26-12-10-25(40)11-13-26/h5-13,16-17,34H,14-15,18-22H2,1-4H3,(H,43,47). The second kappa shape index (κ2) is 13.4. The molecule has 3 aromatic rings. The molecule has 48 heavy (non-hydrogen) atoms. The highest BCUT2D eigenvalue weighted by Crippen LogP contribution is 2.55. The molecule has 2 aliphatic carbocycles. The summed E-state index contributed by atoms with van der Waals surface area (Å²) in [6.07, 6.45) is 2.94. The first-order valence-corrected chi connectivity index (χ1v) is 17.4. The molecule has 6 rings (SSSR count). The Labute approximate surface area is 297 Å². The molecule has 0 unspecified atom stereocenters. The van der Waals surface area contributed by atoms with Crippen molar-refractivity contribution in [1.29, 1.82) is 0 Å². The fraction of sp³-hybridized carbons (Fsp3) is 0.359. The maximum absolute atomic E-state index is 14.2. The molecule has 0 aromatic heterocycles. The van der Waals surface area contributed by atoms with Crippen molar-refractivity contribution < 1.29 is 19.1 Å². The number of halogens is 3. The van der Waals surface area contributed by atoms with Gasteiger partial charge in [0.1, 0.15) is 0 Å². The number of benzene rings is 3. The Bertz CT molecular complexity index is 1770. The third-order valence-corrected chi connectivity index (χ3v) is 10.1. The van der Waals surface area contributed by atoms with E-state index in [0.29, 0.717) is 59.6 Å². The number of hydrogen-bond donors (Lipinski definition) is 1. The maximum Gasteiger partial charge on any atom is 0.262 e. The van der Waals surface area contributed by atoms with Crippen molar-refractivity contribution in [3.63, 3.8) is 0 Å². The highest BCUT2D eigenvalue weighted by molar-refractivity contribution is 6.37. The number of nitrogens with zero attached hydrogens (tertiary/aromatic N) is 1. The lowest BCUT2D eigenvalue weighted by Crippen LogP contribution is -2.45. The summed E-state index contributed by atoms with van der Waals surface area (Å²) in [5.41, 5.74) is 5.21. The van der Waals surface area contributed by atoms with Gasteiger partial charge in [0, 0.05) is 58.6 Å². The summed E-state index contributed by atoms with van der Waals surface area (Å²) >= 11 is 19.6. The summed E-state index contributed by atoms with van der Waals surface area (Å²) in [7, 11) is 0. The Hall–Kier alpha value is -3.58. The van der Waals surface area contributed by atoms with Gasteiger partial charge >= 0.3 is 0 Å². The number of ether oxygens (including phenoxy) is 1. The largest absolute Gasteiger partial charge is 0.481 e. The van der Waals surface area contributed by atoms with E-state index in [9.17, 15) is 14.4 Å². The van der Waals surface area contributed by atoms with Crippen molar-refractivity contribution in [2.24, 2.45) is 10.8 Å². The summed E-state index contributed by atoms with van der Waals surface area (Å²) in [6, 6.07) is 20.5. The zero-order valence-electron chi connectivity index (χ0n) is 27.6. The lowest BCUT2D eigenvalue weighted by atomic mass is 9.63. The summed E-state index contributed by atoms with van der Waals surface area (Å²) in [5.74, 6) is -0.776. The van der Waals surface area contributed by atoms with Gasteiger partial charge in [0.15, 0.2) is 23.9 Å². The van der Waals surface area contributed by atoms with Crippen LogP contribution in [0.15, 0.2) is 89.3 Å². The Balaban J connectivity index is 1.38. The van der Waals surface area contributed by atoms with Gasteiger partial charge in [0.25, 0.3) is 5.91 Å². The van der Waals surface area contributed by atoms with E-state index in [1.54, 1.807) is 36.4 Å². The van der Waals surface area contributed by atoms with E-state index >= 15 is 0 Å². The van der Waals surface area contributed by atoms with Crippen LogP contribution in [0.3, 0.4) is 0 Å². The highest BCUT2D eigenvalue weighted by Gasteiger charge is 2.49. The topological polar surface area (TPSA) is 75.7 Å². The molecule has 0 atom stereocenters. The van der Waals surface area contributed by atoms with Gasteiger partial charge in [-0.1, -0.05) is 92.8 Å². The summed E-state index contributed by atoms with van der Waals surface area (Å²) < 4.78 is 5.80. The average Bonchev–Trinajstić information content (AvgIpc) is 2.99. The molecule has 3 aromatic carbocycles. The van der Waals surface area contributed by atoms with E-state index in [2.05, 4.69) is 50.0 Å². The number of allylic oxidation sites excluding steroid dienone is 4. The number of rotatable bonds is 8. The number of carbonyl (C=O) groups excluding carboxylic acids is 3. The van der Waals surface area contributed by atoms with Crippen LogP contribution >= 0.6 is 34.8 Å². The van der Waals surface area contributed by atoms with Crippen molar-refractivity contribution in [2.75, 3.05) is 18.5 Å². The second-order valence-electron chi connectivity index (χ2n) is 14.6. The van der Waals surface area contributed by atoms with E-state index in [1.807, 2.05) is 18.2 Å². The first-order valence-electron chi connectivity index (χ1n) is 16.2. The van der Waals surface area contributed by atoms with Gasteiger partial charge in [-0.2, -0.15) is 0 Å². The van der Waals surface area contributed by atoms with Gasteiger partial charge in [0.05, 0.1) is 10.0 Å². The number of ketones is 2. The molecule has 1 N–H and O–H groups in total. The van der Waals surface area contributed by atoms with Crippen LogP contribution in [0.25, 0.3) is 0 Å². The van der Waals surface area contributed by atoms with Gasteiger partial charge in [-0.15, -0.1) is 0 Å². The van der Waals surface area contributed by atoms with E-state index in [0.717, 1.165) is 17.8 Å². The minimum atomic E-state index is -0.604. The van der Waals surface area contributed by atoms with E-state index in [-0.39, 0.29) is 44.8 Å². The maximum atomic E-state index is 14.2. The summed E-state index contributed by atoms with van der Waals surface area (Å²) in [6.45, 7) is 8.84. The molecule has 0 saturated carbocycles. The SMILES string of the molecule is CC1(C)CC(=O)C2=C(C1)N(CCc1ccccc1)C1=C(C(=O)CC(C)(C)C1)C2c1cc(Cl)c(OCC(=O)Nc2ccc(Cl)cc2)c(Cl)c1. The molecule has 1 heterocycles. The third kappa shape index (κ3) is 7.22. The molecule has 0 bridgehead atoms. The van der Waals surface area contributed by atoms with Crippen molar-refractivity contribution in [1.82, 2.24) is 4.90 Å². The van der Waals surface area contributed by atoms with Crippen molar-refractivity contribution in [3.8, 4) is 5.75 Å². The minimum absolute atomic E-state index is 0.0339. The van der Waals surface area contributed by atoms with E-state index < -0.39 is 11.8 Å². The highest BCUT2D eigenvalue weighted by atomic mass is 35.5. The van der Waals surface area contributed by atoms with Crippen molar-refractivity contribution in [3.05, 3.63) is 115 Å².